The highest BCUT2D eigenvalue weighted by Gasteiger charge is 2.29. The first kappa shape index (κ1) is 20.1. The highest BCUT2D eigenvalue weighted by Crippen LogP contribution is 2.29. The number of H-pyrrole nitrogens is 1. The number of nitrogens with one attached hydrogen (secondary N) is 2. The van der Waals surface area contributed by atoms with Gasteiger partial charge < -0.3 is 5.32 Å². The van der Waals surface area contributed by atoms with Crippen molar-refractivity contribution in [2.75, 3.05) is 0 Å². The van der Waals surface area contributed by atoms with Gasteiger partial charge in [0.1, 0.15) is 0 Å². The zero-order chi connectivity index (χ0) is 21.0. The molecule has 150 valence electrons. The molecule has 0 saturated heterocycles. The molecule has 0 fully saturated rings. The third-order valence-electron chi connectivity index (χ3n) is 4.00. The third-order valence-corrected chi connectivity index (χ3v) is 4.00. The first-order valence-electron chi connectivity index (χ1n) is 8.47. The van der Waals surface area contributed by atoms with Crippen molar-refractivity contribution in [1.82, 2.24) is 20.4 Å². The molecule has 10 heteroatoms. The number of benzene rings is 2. The Hall–Kier alpha value is -3.69. The first-order valence-corrected chi connectivity index (χ1v) is 8.47. The minimum Gasteiger partial charge on any atom is -0.346 e. The minimum absolute atomic E-state index is 0.0596. The average molecular weight is 403 g/mol. The van der Waals surface area contributed by atoms with Crippen molar-refractivity contribution in [2.45, 2.75) is 19.6 Å². The lowest BCUT2D eigenvalue weighted by Gasteiger charge is -2.08. The fourth-order valence-electron chi connectivity index (χ4n) is 2.37. The van der Waals surface area contributed by atoms with Gasteiger partial charge in [0, 0.05) is 6.54 Å². The van der Waals surface area contributed by atoms with Crippen LogP contribution < -0.4 is 10.9 Å². The van der Waals surface area contributed by atoms with Crippen LogP contribution in [-0.4, -0.2) is 27.2 Å². The van der Waals surface area contributed by atoms with Gasteiger partial charge in [-0.15, -0.1) is 9.89 Å². The third kappa shape index (κ3) is 4.98. The Kier molecular flexibility index (Phi) is 5.62. The molecule has 1 heterocycles. The second-order valence-corrected chi connectivity index (χ2v) is 6.21. The van der Waals surface area contributed by atoms with Gasteiger partial charge in [-0.05, 0) is 30.2 Å². The molecule has 1 amide bonds. The largest absolute Gasteiger partial charge is 0.416 e. The van der Waals surface area contributed by atoms with E-state index >= 15 is 0 Å². The predicted molar refractivity (Wildman–Crippen MR) is 99.6 cm³/mol. The molecule has 0 bridgehead atoms. The molecule has 2 aromatic carbocycles. The first-order chi connectivity index (χ1) is 13.7. The number of hydrogen-bond donors (Lipinski definition) is 2. The molecule has 3 aromatic rings. The molecule has 0 radical (unpaired) electrons. The highest BCUT2D eigenvalue weighted by atomic mass is 19.4. The monoisotopic (exact) mass is 403 g/mol. The van der Waals surface area contributed by atoms with E-state index < -0.39 is 28.9 Å². The Labute approximate surface area is 162 Å². The topological polar surface area (TPSA) is 92.1 Å². The number of hydrogen-bond acceptors (Lipinski definition) is 4. The average Bonchev–Trinajstić information content (AvgIpc) is 3.06. The van der Waals surface area contributed by atoms with Gasteiger partial charge in [0.05, 0.1) is 11.8 Å². The summed E-state index contributed by atoms with van der Waals surface area (Å²) in [5.74, 6) is -0.768. The molecular formula is C19H16F3N5O2. The molecular weight excluding hydrogens is 387 g/mol. The zero-order valence-electron chi connectivity index (χ0n) is 15.2. The molecule has 0 aliphatic carbocycles. The van der Waals surface area contributed by atoms with Gasteiger partial charge in [0.15, 0.2) is 0 Å². The Bertz CT molecular complexity index is 1080. The number of amides is 1. The van der Waals surface area contributed by atoms with Crippen molar-refractivity contribution in [3.63, 3.8) is 0 Å². The van der Waals surface area contributed by atoms with E-state index in [-0.39, 0.29) is 6.54 Å². The fourth-order valence-corrected chi connectivity index (χ4v) is 2.37. The number of halogens is 3. The van der Waals surface area contributed by atoms with Crippen LogP contribution in [0.4, 0.5) is 13.2 Å². The van der Waals surface area contributed by atoms with Gasteiger partial charge in [0.2, 0.25) is 5.69 Å². The maximum absolute atomic E-state index is 12.6. The summed E-state index contributed by atoms with van der Waals surface area (Å²) >= 11 is 0. The molecule has 0 spiro atoms. The van der Waals surface area contributed by atoms with Crippen LogP contribution in [0.5, 0.6) is 0 Å². The van der Waals surface area contributed by atoms with Gasteiger partial charge >= 0.3 is 11.7 Å². The summed E-state index contributed by atoms with van der Waals surface area (Å²) < 4.78 is 37.7. The van der Waals surface area contributed by atoms with Crippen molar-refractivity contribution in [1.29, 1.82) is 0 Å². The number of aromatic nitrogens is 3. The lowest BCUT2D eigenvalue weighted by atomic mass is 10.1. The normalized spacial score (nSPS) is 11.7. The van der Waals surface area contributed by atoms with Crippen LogP contribution in [0.1, 0.15) is 32.7 Å². The smallest absolute Gasteiger partial charge is 0.346 e. The molecule has 2 N–H and O–H groups in total. The molecule has 7 nitrogen and oxygen atoms in total. The van der Waals surface area contributed by atoms with Crippen molar-refractivity contribution in [3.8, 4) is 0 Å². The van der Waals surface area contributed by atoms with Crippen molar-refractivity contribution in [3.05, 3.63) is 86.8 Å². The van der Waals surface area contributed by atoms with E-state index in [0.29, 0.717) is 5.56 Å². The molecule has 29 heavy (non-hydrogen) atoms. The Morgan fingerprint density at radius 2 is 1.83 bits per heavy atom. The number of carbonyl (C=O) groups excluding carboxylic acids is 1. The van der Waals surface area contributed by atoms with E-state index in [0.717, 1.165) is 28.1 Å². The molecule has 0 aliphatic rings. The summed E-state index contributed by atoms with van der Waals surface area (Å²) in [6.07, 6.45) is -3.00. The standard InChI is InChI=1S/C19H16F3N5O2/c1-12-2-4-14(5-3-12)11-24-27-18(29)16(25-26-27)17(28)23-10-13-6-8-15(9-7-13)19(20,21)22/h2-9,11,26H,10H2,1H3,(H,23,28). The van der Waals surface area contributed by atoms with Gasteiger partial charge in [-0.1, -0.05) is 42.0 Å². The maximum Gasteiger partial charge on any atom is 0.416 e. The summed E-state index contributed by atoms with van der Waals surface area (Å²) in [5, 5.41) is 12.4. The van der Waals surface area contributed by atoms with Crippen LogP contribution in [0, 0.1) is 6.92 Å². The molecule has 0 saturated carbocycles. The number of carbonyl (C=O) groups is 1. The van der Waals surface area contributed by atoms with E-state index in [1.54, 1.807) is 0 Å². The Morgan fingerprint density at radius 3 is 2.45 bits per heavy atom. The highest BCUT2D eigenvalue weighted by molar-refractivity contribution is 5.91. The second-order valence-electron chi connectivity index (χ2n) is 6.21. The Balaban J connectivity index is 1.64. The number of rotatable bonds is 5. The van der Waals surface area contributed by atoms with Gasteiger partial charge in [-0.25, -0.2) is 0 Å². The number of nitrogens with zero attached hydrogens (tertiary/aromatic N) is 3. The van der Waals surface area contributed by atoms with Crippen LogP contribution in [0.25, 0.3) is 0 Å². The SMILES string of the molecule is Cc1ccc(C=Nn2[nH]nc(C(=O)NCc3ccc(C(F)(F)F)cc3)c2=O)cc1. The van der Waals surface area contributed by atoms with E-state index in [1.807, 2.05) is 31.2 Å². The molecule has 0 unspecified atom stereocenters. The van der Waals surface area contributed by atoms with Crippen LogP contribution in [0.15, 0.2) is 58.4 Å². The van der Waals surface area contributed by atoms with Crippen LogP contribution in [0.2, 0.25) is 0 Å². The van der Waals surface area contributed by atoms with Gasteiger partial charge in [-0.3, -0.25) is 9.59 Å². The predicted octanol–water partition coefficient (Wildman–Crippen LogP) is 2.71. The van der Waals surface area contributed by atoms with E-state index in [9.17, 15) is 22.8 Å². The molecule has 3 rings (SSSR count). The van der Waals surface area contributed by atoms with E-state index in [4.69, 9.17) is 0 Å². The van der Waals surface area contributed by atoms with Crippen molar-refractivity contribution < 1.29 is 18.0 Å². The van der Waals surface area contributed by atoms with Crippen LogP contribution in [-0.2, 0) is 12.7 Å². The number of aromatic amines is 1. The lowest BCUT2D eigenvalue weighted by molar-refractivity contribution is -0.137. The quantitative estimate of drug-likeness (QED) is 0.642. The summed E-state index contributed by atoms with van der Waals surface area (Å²) in [7, 11) is 0. The fraction of sp³-hybridized carbons (Fsp3) is 0.158. The van der Waals surface area contributed by atoms with Gasteiger partial charge in [-0.2, -0.15) is 23.5 Å². The minimum atomic E-state index is -4.43. The lowest BCUT2D eigenvalue weighted by Crippen LogP contribution is -2.29. The van der Waals surface area contributed by atoms with E-state index in [2.05, 4.69) is 20.7 Å². The Morgan fingerprint density at radius 1 is 1.17 bits per heavy atom. The summed E-state index contributed by atoms with van der Waals surface area (Å²) in [6, 6.07) is 11.7. The number of alkyl halides is 3. The van der Waals surface area contributed by atoms with Crippen molar-refractivity contribution in [2.24, 2.45) is 5.10 Å². The summed E-state index contributed by atoms with van der Waals surface area (Å²) in [4.78, 5) is 25.2. The van der Waals surface area contributed by atoms with Crippen LogP contribution in [0.3, 0.4) is 0 Å². The number of aryl methyl sites for hydroxylation is 1. The maximum atomic E-state index is 12.6. The molecule has 1 aromatic heterocycles. The van der Waals surface area contributed by atoms with E-state index in [1.165, 1.54) is 18.3 Å². The molecule has 0 atom stereocenters. The zero-order valence-corrected chi connectivity index (χ0v) is 15.2. The van der Waals surface area contributed by atoms with Gasteiger partial charge in [0.25, 0.3) is 5.91 Å². The summed E-state index contributed by atoms with van der Waals surface area (Å²) in [5.41, 5.74) is 0.336. The molecule has 0 aliphatic heterocycles. The van der Waals surface area contributed by atoms with Crippen LogP contribution >= 0.6 is 0 Å². The van der Waals surface area contributed by atoms with Crippen molar-refractivity contribution >= 4 is 12.1 Å². The summed E-state index contributed by atoms with van der Waals surface area (Å²) in [6.45, 7) is 1.88. The second kappa shape index (κ2) is 8.13.